The molecule has 2 amide bonds. The molecule has 25 heavy (non-hydrogen) atoms. The van der Waals surface area contributed by atoms with Crippen LogP contribution in [0.25, 0.3) is 0 Å². The third kappa shape index (κ3) is 6.95. The zero-order chi connectivity index (χ0) is 18.2. The number of nitrogens with one attached hydrogen (secondary N) is 2. The standard InChI is InChI=1S/C18H17Cl2N3O2/c1-12(10-17(24)21-16-8-6-15(20)7-9-16)22-23-18(25)11-13-2-4-14(19)5-3-13/h2-9H,10-11H2,1H3,(H,21,24)(H,23,25). The van der Waals surface area contributed by atoms with Gasteiger partial charge in [0.25, 0.3) is 0 Å². The van der Waals surface area contributed by atoms with Crippen LogP contribution in [0, 0.1) is 0 Å². The summed E-state index contributed by atoms with van der Waals surface area (Å²) in [6.45, 7) is 1.67. The number of anilines is 1. The number of carbonyl (C=O) groups excluding carboxylic acids is 2. The summed E-state index contributed by atoms with van der Waals surface area (Å²) in [6.07, 6.45) is 0.259. The Balaban J connectivity index is 1.79. The number of hydrogen-bond acceptors (Lipinski definition) is 3. The maximum Gasteiger partial charge on any atom is 0.244 e. The molecule has 0 spiro atoms. The van der Waals surface area contributed by atoms with Gasteiger partial charge in [0, 0.05) is 21.4 Å². The molecule has 0 saturated heterocycles. The highest BCUT2D eigenvalue weighted by Gasteiger charge is 2.06. The lowest BCUT2D eigenvalue weighted by molar-refractivity contribution is -0.120. The molecule has 0 aromatic heterocycles. The summed E-state index contributed by atoms with van der Waals surface area (Å²) in [4.78, 5) is 23.8. The molecule has 7 heteroatoms. The molecule has 2 aromatic carbocycles. The molecule has 130 valence electrons. The van der Waals surface area contributed by atoms with Crippen molar-refractivity contribution in [2.24, 2.45) is 5.10 Å². The summed E-state index contributed by atoms with van der Waals surface area (Å²) in [7, 11) is 0. The summed E-state index contributed by atoms with van der Waals surface area (Å²) < 4.78 is 0. The van der Waals surface area contributed by atoms with E-state index in [9.17, 15) is 9.59 Å². The van der Waals surface area contributed by atoms with Crippen molar-refractivity contribution in [2.75, 3.05) is 5.32 Å². The van der Waals surface area contributed by atoms with E-state index in [0.29, 0.717) is 21.4 Å². The first kappa shape index (κ1) is 19.0. The van der Waals surface area contributed by atoms with Crippen LogP contribution < -0.4 is 10.7 Å². The van der Waals surface area contributed by atoms with E-state index in [-0.39, 0.29) is 24.7 Å². The normalized spacial score (nSPS) is 11.1. The average molecular weight is 378 g/mol. The minimum atomic E-state index is -0.264. The number of rotatable bonds is 6. The second-order valence-corrected chi connectivity index (χ2v) is 6.29. The van der Waals surface area contributed by atoms with Gasteiger partial charge in [-0.2, -0.15) is 5.10 Å². The summed E-state index contributed by atoms with van der Waals surface area (Å²) in [6, 6.07) is 13.8. The third-order valence-electron chi connectivity index (χ3n) is 3.19. The maximum atomic E-state index is 11.9. The van der Waals surface area contributed by atoms with E-state index in [1.807, 2.05) is 0 Å². The SMILES string of the molecule is CC(CC(=O)Nc1ccc(Cl)cc1)=NNC(=O)Cc1ccc(Cl)cc1. The molecular weight excluding hydrogens is 361 g/mol. The van der Waals surface area contributed by atoms with E-state index in [0.717, 1.165) is 5.56 Å². The maximum absolute atomic E-state index is 11.9. The molecule has 0 fully saturated rings. The van der Waals surface area contributed by atoms with Gasteiger partial charge in [0.2, 0.25) is 11.8 Å². The molecule has 0 aliphatic rings. The van der Waals surface area contributed by atoms with Crippen LogP contribution in [-0.4, -0.2) is 17.5 Å². The molecule has 5 nitrogen and oxygen atoms in total. The molecule has 0 aliphatic heterocycles. The summed E-state index contributed by atoms with van der Waals surface area (Å²) in [5.41, 5.74) is 4.41. The van der Waals surface area contributed by atoms with Crippen LogP contribution in [0.2, 0.25) is 10.0 Å². The van der Waals surface area contributed by atoms with E-state index < -0.39 is 0 Å². The van der Waals surface area contributed by atoms with Gasteiger partial charge in [0.05, 0.1) is 12.8 Å². The second-order valence-electron chi connectivity index (χ2n) is 5.42. The minimum absolute atomic E-state index is 0.0733. The molecule has 0 atom stereocenters. The van der Waals surface area contributed by atoms with Crippen molar-refractivity contribution in [3.8, 4) is 0 Å². The second kappa shape index (κ2) is 9.20. The summed E-state index contributed by atoms with van der Waals surface area (Å²) >= 11 is 11.6. The number of hydrazone groups is 1. The van der Waals surface area contributed by atoms with Gasteiger partial charge >= 0.3 is 0 Å². The van der Waals surface area contributed by atoms with E-state index in [2.05, 4.69) is 15.8 Å². The average Bonchev–Trinajstić information content (AvgIpc) is 2.57. The van der Waals surface area contributed by atoms with Crippen LogP contribution in [-0.2, 0) is 16.0 Å². The van der Waals surface area contributed by atoms with Crippen LogP contribution in [0.15, 0.2) is 53.6 Å². The van der Waals surface area contributed by atoms with E-state index in [1.165, 1.54) is 0 Å². The molecule has 2 N–H and O–H groups in total. The zero-order valence-electron chi connectivity index (χ0n) is 13.6. The lowest BCUT2D eigenvalue weighted by Gasteiger charge is -2.06. The number of benzene rings is 2. The fourth-order valence-corrected chi connectivity index (χ4v) is 2.25. The van der Waals surface area contributed by atoms with Gasteiger partial charge in [-0.3, -0.25) is 9.59 Å². The predicted molar refractivity (Wildman–Crippen MR) is 101 cm³/mol. The van der Waals surface area contributed by atoms with Crippen molar-refractivity contribution in [2.45, 2.75) is 19.8 Å². The zero-order valence-corrected chi connectivity index (χ0v) is 15.1. The molecule has 2 aromatic rings. The van der Waals surface area contributed by atoms with Crippen LogP contribution in [0.5, 0.6) is 0 Å². The molecule has 0 bridgehead atoms. The quantitative estimate of drug-likeness (QED) is 0.588. The van der Waals surface area contributed by atoms with Crippen LogP contribution >= 0.6 is 23.2 Å². The lowest BCUT2D eigenvalue weighted by atomic mass is 10.1. The number of carbonyl (C=O) groups is 2. The Labute approximate surface area is 156 Å². The van der Waals surface area contributed by atoms with Gasteiger partial charge in [-0.25, -0.2) is 5.43 Å². The van der Waals surface area contributed by atoms with Gasteiger partial charge in [0.15, 0.2) is 0 Å². The Morgan fingerprint density at radius 3 is 2.08 bits per heavy atom. The highest BCUT2D eigenvalue weighted by Crippen LogP contribution is 2.13. The number of nitrogens with zero attached hydrogens (tertiary/aromatic N) is 1. The molecule has 0 heterocycles. The lowest BCUT2D eigenvalue weighted by Crippen LogP contribution is -2.22. The Bertz CT molecular complexity index is 772. The fourth-order valence-electron chi connectivity index (χ4n) is 2.00. The van der Waals surface area contributed by atoms with Crippen molar-refractivity contribution in [3.05, 3.63) is 64.1 Å². The van der Waals surface area contributed by atoms with E-state index in [4.69, 9.17) is 23.2 Å². The Morgan fingerprint density at radius 1 is 0.920 bits per heavy atom. The monoisotopic (exact) mass is 377 g/mol. The first-order valence-corrected chi connectivity index (χ1v) is 8.30. The first-order valence-electron chi connectivity index (χ1n) is 7.54. The predicted octanol–water partition coefficient (Wildman–Crippen LogP) is 4.06. The van der Waals surface area contributed by atoms with E-state index >= 15 is 0 Å². The largest absolute Gasteiger partial charge is 0.326 e. The van der Waals surface area contributed by atoms with Crippen LogP contribution in [0.4, 0.5) is 5.69 Å². The minimum Gasteiger partial charge on any atom is -0.326 e. The fraction of sp³-hybridized carbons (Fsp3) is 0.167. The number of halogens is 2. The highest BCUT2D eigenvalue weighted by molar-refractivity contribution is 6.30. The number of amides is 2. The topological polar surface area (TPSA) is 70.6 Å². The molecule has 2 rings (SSSR count). The van der Waals surface area contributed by atoms with Crippen molar-refractivity contribution in [1.29, 1.82) is 0 Å². The Morgan fingerprint density at radius 2 is 1.48 bits per heavy atom. The molecule has 0 aliphatic carbocycles. The van der Waals surface area contributed by atoms with Crippen molar-refractivity contribution in [3.63, 3.8) is 0 Å². The van der Waals surface area contributed by atoms with Gasteiger partial charge in [-0.15, -0.1) is 0 Å². The van der Waals surface area contributed by atoms with Crippen molar-refractivity contribution >= 4 is 46.4 Å². The Kier molecular flexibility index (Phi) is 6.98. The third-order valence-corrected chi connectivity index (χ3v) is 3.70. The first-order chi connectivity index (χ1) is 11.9. The molecule has 0 unspecified atom stereocenters. The van der Waals surface area contributed by atoms with Gasteiger partial charge in [-0.1, -0.05) is 35.3 Å². The Hall–Kier alpha value is -2.37. The van der Waals surface area contributed by atoms with Gasteiger partial charge in [0.1, 0.15) is 0 Å². The van der Waals surface area contributed by atoms with Gasteiger partial charge < -0.3 is 5.32 Å². The summed E-state index contributed by atoms with van der Waals surface area (Å²) in [5.74, 6) is -0.490. The van der Waals surface area contributed by atoms with Crippen LogP contribution in [0.3, 0.4) is 0 Å². The molecular formula is C18H17Cl2N3O2. The summed E-state index contributed by atoms with van der Waals surface area (Å²) in [5, 5.41) is 7.88. The number of hydrogen-bond donors (Lipinski definition) is 2. The van der Waals surface area contributed by atoms with Crippen LogP contribution in [0.1, 0.15) is 18.9 Å². The highest BCUT2D eigenvalue weighted by atomic mass is 35.5. The van der Waals surface area contributed by atoms with Crippen molar-refractivity contribution < 1.29 is 9.59 Å². The smallest absolute Gasteiger partial charge is 0.244 e. The molecule has 0 radical (unpaired) electrons. The van der Waals surface area contributed by atoms with E-state index in [1.54, 1.807) is 55.5 Å². The van der Waals surface area contributed by atoms with Crippen molar-refractivity contribution in [1.82, 2.24) is 5.43 Å². The van der Waals surface area contributed by atoms with Gasteiger partial charge in [-0.05, 0) is 48.9 Å². The molecule has 0 saturated carbocycles.